The zero-order valence-electron chi connectivity index (χ0n) is 13.1. The minimum absolute atomic E-state index is 0.170. The zero-order valence-corrected chi connectivity index (χ0v) is 13.1. The molecule has 0 aromatic heterocycles. The summed E-state index contributed by atoms with van der Waals surface area (Å²) in [6.07, 6.45) is 3.84. The van der Waals surface area contributed by atoms with Crippen LogP contribution in [0.4, 0.5) is 0 Å². The van der Waals surface area contributed by atoms with E-state index < -0.39 is 11.8 Å². The van der Waals surface area contributed by atoms with Crippen molar-refractivity contribution in [3.63, 3.8) is 0 Å². The number of rotatable bonds is 6. The quantitative estimate of drug-likeness (QED) is 0.734. The van der Waals surface area contributed by atoms with Gasteiger partial charge >= 0.3 is 11.8 Å². The van der Waals surface area contributed by atoms with Crippen molar-refractivity contribution in [2.45, 2.75) is 46.0 Å². The maximum atomic E-state index is 12.3. The van der Waals surface area contributed by atoms with E-state index in [-0.39, 0.29) is 11.8 Å². The van der Waals surface area contributed by atoms with Crippen molar-refractivity contribution in [1.82, 2.24) is 9.80 Å². The summed E-state index contributed by atoms with van der Waals surface area (Å²) in [4.78, 5) is 38.9. The first-order valence-corrected chi connectivity index (χ1v) is 7.88. The fourth-order valence-corrected chi connectivity index (χ4v) is 2.57. The highest BCUT2D eigenvalue weighted by atomic mass is 16.2. The molecule has 1 heterocycles. The lowest BCUT2D eigenvalue weighted by Crippen LogP contribution is -2.49. The van der Waals surface area contributed by atoms with Gasteiger partial charge in [0.2, 0.25) is 5.91 Å². The van der Waals surface area contributed by atoms with Crippen molar-refractivity contribution in [1.29, 1.82) is 0 Å². The number of primary amides is 1. The molecule has 1 rings (SSSR count). The lowest BCUT2D eigenvalue weighted by Gasteiger charge is -2.32. The van der Waals surface area contributed by atoms with Crippen LogP contribution in [0.1, 0.15) is 46.0 Å². The number of carbonyl (C=O) groups is 3. The van der Waals surface area contributed by atoms with Gasteiger partial charge in [0.15, 0.2) is 0 Å². The Morgan fingerprint density at radius 1 is 1.10 bits per heavy atom. The van der Waals surface area contributed by atoms with Crippen molar-refractivity contribution in [3.05, 3.63) is 0 Å². The van der Waals surface area contributed by atoms with Crippen molar-refractivity contribution in [2.75, 3.05) is 26.2 Å². The Hall–Kier alpha value is -1.59. The molecule has 2 N–H and O–H groups in total. The van der Waals surface area contributed by atoms with Gasteiger partial charge in [0, 0.05) is 32.1 Å². The van der Waals surface area contributed by atoms with Crippen molar-refractivity contribution in [3.8, 4) is 0 Å². The number of hydrogen-bond acceptors (Lipinski definition) is 3. The molecule has 0 saturated carbocycles. The SMILES string of the molecule is CCCCN(CCC)C(=O)C(=O)N1CCC(C(N)=O)CC1. The molecule has 0 aliphatic carbocycles. The molecule has 0 spiro atoms. The summed E-state index contributed by atoms with van der Waals surface area (Å²) < 4.78 is 0. The number of unbranched alkanes of at least 4 members (excludes halogenated alkanes) is 1. The van der Waals surface area contributed by atoms with Crippen molar-refractivity contribution >= 4 is 17.7 Å². The Labute approximate surface area is 126 Å². The summed E-state index contributed by atoms with van der Waals surface area (Å²) >= 11 is 0. The van der Waals surface area contributed by atoms with E-state index in [0.29, 0.717) is 39.0 Å². The van der Waals surface area contributed by atoms with Gasteiger partial charge in [-0.2, -0.15) is 0 Å². The molecule has 1 saturated heterocycles. The molecule has 0 aromatic rings. The van der Waals surface area contributed by atoms with Gasteiger partial charge in [-0.05, 0) is 25.7 Å². The highest BCUT2D eigenvalue weighted by molar-refractivity contribution is 6.34. The van der Waals surface area contributed by atoms with E-state index in [1.54, 1.807) is 9.80 Å². The first-order chi connectivity index (χ1) is 10.0. The van der Waals surface area contributed by atoms with Crippen LogP contribution in [0.3, 0.4) is 0 Å². The molecule has 6 nitrogen and oxygen atoms in total. The Morgan fingerprint density at radius 3 is 2.19 bits per heavy atom. The Balaban J connectivity index is 2.56. The van der Waals surface area contributed by atoms with E-state index in [2.05, 4.69) is 6.92 Å². The number of carbonyl (C=O) groups excluding carboxylic acids is 3. The second kappa shape index (κ2) is 8.64. The average molecular weight is 297 g/mol. The van der Waals surface area contributed by atoms with Crippen molar-refractivity contribution in [2.24, 2.45) is 11.7 Å². The van der Waals surface area contributed by atoms with Gasteiger partial charge in [0.05, 0.1) is 0 Å². The van der Waals surface area contributed by atoms with Gasteiger partial charge < -0.3 is 15.5 Å². The molecule has 120 valence electrons. The molecule has 3 amide bonds. The van der Waals surface area contributed by atoms with Gasteiger partial charge in [-0.25, -0.2) is 0 Å². The Kier molecular flexibility index (Phi) is 7.19. The smallest absolute Gasteiger partial charge is 0.312 e. The van der Waals surface area contributed by atoms with Crippen molar-refractivity contribution < 1.29 is 14.4 Å². The van der Waals surface area contributed by atoms with Crippen LogP contribution >= 0.6 is 0 Å². The fraction of sp³-hybridized carbons (Fsp3) is 0.800. The zero-order chi connectivity index (χ0) is 15.8. The number of likely N-dealkylation sites (tertiary alicyclic amines) is 1. The fourth-order valence-electron chi connectivity index (χ4n) is 2.57. The average Bonchev–Trinajstić information content (AvgIpc) is 2.50. The van der Waals surface area contributed by atoms with Crippen LogP contribution in [0, 0.1) is 5.92 Å². The normalized spacial score (nSPS) is 15.8. The third-order valence-corrected chi connectivity index (χ3v) is 3.93. The van der Waals surface area contributed by atoms with E-state index in [0.717, 1.165) is 19.3 Å². The Bertz CT molecular complexity index is 376. The standard InChI is InChI=1S/C15H27N3O3/c1-3-5-9-17(8-4-2)14(20)15(21)18-10-6-12(7-11-18)13(16)19/h12H,3-11H2,1-2H3,(H2,16,19). The summed E-state index contributed by atoms with van der Waals surface area (Å²) in [6.45, 7) is 6.17. The Morgan fingerprint density at radius 2 is 1.71 bits per heavy atom. The van der Waals surface area contributed by atoms with Crippen LogP contribution in [0.5, 0.6) is 0 Å². The van der Waals surface area contributed by atoms with Crippen LogP contribution < -0.4 is 5.73 Å². The van der Waals surface area contributed by atoms with E-state index in [9.17, 15) is 14.4 Å². The molecule has 0 radical (unpaired) electrons. The van der Waals surface area contributed by atoms with Gasteiger partial charge in [-0.15, -0.1) is 0 Å². The predicted molar refractivity (Wildman–Crippen MR) is 80.3 cm³/mol. The van der Waals surface area contributed by atoms with Crippen LogP contribution in [0.2, 0.25) is 0 Å². The lowest BCUT2D eigenvalue weighted by molar-refractivity contribution is -0.153. The monoisotopic (exact) mass is 297 g/mol. The molecular weight excluding hydrogens is 270 g/mol. The first kappa shape index (κ1) is 17.5. The molecule has 1 fully saturated rings. The molecule has 21 heavy (non-hydrogen) atoms. The minimum atomic E-state index is -0.442. The highest BCUT2D eigenvalue weighted by Crippen LogP contribution is 2.17. The second-order valence-corrected chi connectivity index (χ2v) is 5.61. The third-order valence-electron chi connectivity index (χ3n) is 3.93. The van der Waals surface area contributed by atoms with E-state index >= 15 is 0 Å². The molecule has 1 aliphatic heterocycles. The van der Waals surface area contributed by atoms with Crippen LogP contribution in [-0.2, 0) is 14.4 Å². The molecule has 6 heteroatoms. The van der Waals surface area contributed by atoms with E-state index in [4.69, 9.17) is 5.73 Å². The molecular formula is C15H27N3O3. The number of amides is 3. The van der Waals surface area contributed by atoms with Gasteiger partial charge in [0.25, 0.3) is 0 Å². The number of piperidine rings is 1. The largest absolute Gasteiger partial charge is 0.369 e. The lowest BCUT2D eigenvalue weighted by atomic mass is 9.96. The molecule has 0 unspecified atom stereocenters. The van der Waals surface area contributed by atoms with Gasteiger partial charge in [-0.3, -0.25) is 14.4 Å². The summed E-state index contributed by atoms with van der Waals surface area (Å²) in [5, 5.41) is 0. The molecule has 0 aromatic carbocycles. The summed E-state index contributed by atoms with van der Waals surface area (Å²) in [7, 11) is 0. The number of hydrogen-bond donors (Lipinski definition) is 1. The maximum absolute atomic E-state index is 12.3. The topological polar surface area (TPSA) is 83.7 Å². The van der Waals surface area contributed by atoms with Crippen LogP contribution in [-0.4, -0.2) is 53.7 Å². The second-order valence-electron chi connectivity index (χ2n) is 5.61. The minimum Gasteiger partial charge on any atom is -0.369 e. The molecule has 0 bridgehead atoms. The molecule has 0 atom stereocenters. The number of nitrogens with two attached hydrogens (primary N) is 1. The molecule has 1 aliphatic rings. The first-order valence-electron chi connectivity index (χ1n) is 7.88. The van der Waals surface area contributed by atoms with E-state index in [1.807, 2.05) is 6.92 Å². The third kappa shape index (κ3) is 5.02. The summed E-state index contributed by atoms with van der Waals surface area (Å²) in [5.41, 5.74) is 5.27. The summed E-state index contributed by atoms with van der Waals surface area (Å²) in [5.74, 6) is -1.34. The predicted octanol–water partition coefficient (Wildman–Crippen LogP) is 0.749. The number of nitrogens with zero attached hydrogens (tertiary/aromatic N) is 2. The maximum Gasteiger partial charge on any atom is 0.312 e. The van der Waals surface area contributed by atoms with Gasteiger partial charge in [-0.1, -0.05) is 20.3 Å². The summed E-state index contributed by atoms with van der Waals surface area (Å²) in [6, 6.07) is 0. The van der Waals surface area contributed by atoms with Crippen LogP contribution in [0.15, 0.2) is 0 Å². The highest BCUT2D eigenvalue weighted by Gasteiger charge is 2.31. The van der Waals surface area contributed by atoms with E-state index in [1.165, 1.54) is 0 Å². The van der Waals surface area contributed by atoms with Gasteiger partial charge in [0.1, 0.15) is 0 Å². The van der Waals surface area contributed by atoms with Crippen LogP contribution in [0.25, 0.3) is 0 Å².